The van der Waals surface area contributed by atoms with Crippen LogP contribution in [0.25, 0.3) is 10.9 Å². The van der Waals surface area contributed by atoms with E-state index in [9.17, 15) is 9.59 Å². The SMILES string of the molecule is CC(C)CN1CCCN(C(=O)Cc2ccccc2)c2ccccc2CN(C(=O)Cn2c3c(c4ccccc42)CCC3)CC1. The quantitative estimate of drug-likeness (QED) is 0.279. The average molecular weight is 577 g/mol. The lowest BCUT2D eigenvalue weighted by Crippen LogP contribution is -2.41. The predicted octanol–water partition coefficient (Wildman–Crippen LogP) is 6.10. The van der Waals surface area contributed by atoms with Gasteiger partial charge in [0.2, 0.25) is 11.8 Å². The molecule has 0 unspecified atom stereocenters. The minimum absolute atomic E-state index is 0.0977. The monoisotopic (exact) mass is 576 g/mol. The van der Waals surface area contributed by atoms with Crippen molar-refractivity contribution in [2.75, 3.05) is 37.6 Å². The number of aromatic nitrogens is 1. The molecule has 1 aliphatic carbocycles. The van der Waals surface area contributed by atoms with Crippen LogP contribution in [0.15, 0.2) is 78.9 Å². The van der Waals surface area contributed by atoms with E-state index >= 15 is 0 Å². The highest BCUT2D eigenvalue weighted by Gasteiger charge is 2.27. The summed E-state index contributed by atoms with van der Waals surface area (Å²) in [6.07, 6.45) is 4.51. The van der Waals surface area contributed by atoms with Crippen LogP contribution in [-0.2, 0) is 41.9 Å². The van der Waals surface area contributed by atoms with Gasteiger partial charge in [-0.25, -0.2) is 0 Å². The van der Waals surface area contributed by atoms with Crippen LogP contribution in [0.5, 0.6) is 0 Å². The van der Waals surface area contributed by atoms with Gasteiger partial charge in [-0.15, -0.1) is 0 Å². The Bertz CT molecular complexity index is 1570. The zero-order valence-corrected chi connectivity index (χ0v) is 25.7. The molecule has 0 spiro atoms. The van der Waals surface area contributed by atoms with Crippen LogP contribution in [0.2, 0.25) is 0 Å². The number of para-hydroxylation sites is 2. The van der Waals surface area contributed by atoms with Gasteiger partial charge in [0.05, 0.1) is 6.42 Å². The molecule has 6 heteroatoms. The zero-order valence-electron chi connectivity index (χ0n) is 25.7. The van der Waals surface area contributed by atoms with E-state index in [1.807, 2.05) is 52.3 Å². The number of carbonyl (C=O) groups is 2. The second-order valence-corrected chi connectivity index (χ2v) is 12.6. The summed E-state index contributed by atoms with van der Waals surface area (Å²) < 4.78 is 2.28. The molecular weight excluding hydrogens is 532 g/mol. The van der Waals surface area contributed by atoms with E-state index in [1.54, 1.807) is 0 Å². The maximum atomic E-state index is 14.3. The van der Waals surface area contributed by atoms with E-state index in [2.05, 4.69) is 59.7 Å². The van der Waals surface area contributed by atoms with Gasteiger partial charge in [0.1, 0.15) is 6.54 Å². The average Bonchev–Trinajstić information content (AvgIpc) is 3.59. The Kier molecular flexibility index (Phi) is 8.94. The molecule has 224 valence electrons. The highest BCUT2D eigenvalue weighted by molar-refractivity contribution is 5.95. The number of amides is 2. The molecule has 43 heavy (non-hydrogen) atoms. The molecule has 0 atom stereocenters. The molecule has 3 aromatic carbocycles. The van der Waals surface area contributed by atoms with Gasteiger partial charge in [-0.1, -0.05) is 80.6 Å². The first-order valence-corrected chi connectivity index (χ1v) is 16.0. The van der Waals surface area contributed by atoms with Crippen molar-refractivity contribution in [2.45, 2.75) is 59.0 Å². The lowest BCUT2D eigenvalue weighted by atomic mass is 10.1. The molecule has 1 aromatic heterocycles. The molecule has 6 nitrogen and oxygen atoms in total. The lowest BCUT2D eigenvalue weighted by Gasteiger charge is -2.29. The number of hydrogen-bond acceptors (Lipinski definition) is 3. The predicted molar refractivity (Wildman–Crippen MR) is 174 cm³/mol. The van der Waals surface area contributed by atoms with Gasteiger partial charge in [-0.05, 0) is 67.0 Å². The molecule has 2 heterocycles. The van der Waals surface area contributed by atoms with Gasteiger partial charge in [0, 0.05) is 55.0 Å². The van der Waals surface area contributed by atoms with Crippen molar-refractivity contribution in [1.29, 1.82) is 0 Å². The molecule has 0 bridgehead atoms. The van der Waals surface area contributed by atoms with Gasteiger partial charge in [0.15, 0.2) is 0 Å². The van der Waals surface area contributed by atoms with Crippen LogP contribution < -0.4 is 4.90 Å². The van der Waals surface area contributed by atoms with Crippen molar-refractivity contribution in [2.24, 2.45) is 5.92 Å². The first-order valence-electron chi connectivity index (χ1n) is 16.0. The summed E-state index contributed by atoms with van der Waals surface area (Å²) in [5, 5.41) is 1.29. The molecule has 0 fully saturated rings. The molecule has 6 rings (SSSR count). The number of fused-ring (bicyclic) bond motifs is 4. The smallest absolute Gasteiger partial charge is 0.242 e. The second kappa shape index (κ2) is 13.2. The van der Waals surface area contributed by atoms with E-state index < -0.39 is 0 Å². The maximum absolute atomic E-state index is 14.3. The fourth-order valence-electron chi connectivity index (χ4n) is 7.02. The number of hydrogen-bond donors (Lipinski definition) is 0. The summed E-state index contributed by atoms with van der Waals surface area (Å²) in [6, 6.07) is 26.7. The van der Waals surface area contributed by atoms with E-state index in [0.717, 1.165) is 67.6 Å². The molecule has 2 amide bonds. The Morgan fingerprint density at radius 2 is 1.53 bits per heavy atom. The molecule has 0 N–H and O–H groups in total. The maximum Gasteiger partial charge on any atom is 0.242 e. The minimum atomic E-state index is 0.0977. The minimum Gasteiger partial charge on any atom is -0.335 e. The standard InChI is InChI=1S/C37H44N4O2/c1-28(2)25-38-20-11-21-40(36(42)24-29-12-4-3-5-13-29)33-17-8-6-14-30(33)26-39(23-22-38)37(43)27-41-34-18-9-7-15-31(34)32-16-10-19-35(32)41/h3-9,12-15,17-18,28H,10-11,16,19-27H2,1-2H3. The number of aryl methyl sites for hydroxylation is 1. The number of anilines is 1. The Morgan fingerprint density at radius 1 is 0.767 bits per heavy atom. The third-order valence-corrected chi connectivity index (χ3v) is 8.99. The van der Waals surface area contributed by atoms with Crippen molar-refractivity contribution >= 4 is 28.4 Å². The molecular formula is C37H44N4O2. The number of nitrogens with zero attached hydrogens (tertiary/aromatic N) is 4. The molecule has 4 aromatic rings. The van der Waals surface area contributed by atoms with Crippen molar-refractivity contribution in [3.63, 3.8) is 0 Å². The summed E-state index contributed by atoms with van der Waals surface area (Å²) in [5.74, 6) is 0.757. The number of benzene rings is 3. The molecule has 0 saturated carbocycles. The highest BCUT2D eigenvalue weighted by atomic mass is 16.2. The molecule has 0 radical (unpaired) electrons. The molecule has 1 aliphatic heterocycles. The summed E-state index contributed by atoms with van der Waals surface area (Å²) in [6.45, 7) is 9.35. The van der Waals surface area contributed by atoms with E-state index in [4.69, 9.17) is 0 Å². The molecule has 2 aliphatic rings. The Morgan fingerprint density at radius 3 is 2.37 bits per heavy atom. The summed E-state index contributed by atoms with van der Waals surface area (Å²) in [7, 11) is 0. The first kappa shape index (κ1) is 29.2. The van der Waals surface area contributed by atoms with Gasteiger partial charge >= 0.3 is 0 Å². The van der Waals surface area contributed by atoms with Gasteiger partial charge in [0.25, 0.3) is 0 Å². The molecule has 0 saturated heterocycles. The third kappa shape index (κ3) is 6.54. The van der Waals surface area contributed by atoms with Crippen molar-refractivity contribution < 1.29 is 9.59 Å². The second-order valence-electron chi connectivity index (χ2n) is 12.6. The van der Waals surface area contributed by atoms with Crippen molar-refractivity contribution in [1.82, 2.24) is 14.4 Å². The fourth-order valence-corrected chi connectivity index (χ4v) is 7.02. The van der Waals surface area contributed by atoms with Gasteiger partial charge in [-0.2, -0.15) is 0 Å². The normalized spacial score (nSPS) is 16.3. The number of rotatable bonds is 6. The zero-order chi connectivity index (χ0) is 29.8. The van der Waals surface area contributed by atoms with Crippen molar-refractivity contribution in [3.05, 3.63) is 101 Å². The van der Waals surface area contributed by atoms with E-state index in [0.29, 0.717) is 38.5 Å². The third-order valence-electron chi connectivity index (χ3n) is 8.99. The summed E-state index contributed by atoms with van der Waals surface area (Å²) in [4.78, 5) is 34.6. The summed E-state index contributed by atoms with van der Waals surface area (Å²) in [5.41, 5.74) is 6.87. The van der Waals surface area contributed by atoms with Gasteiger partial charge in [-0.3, -0.25) is 9.59 Å². The van der Waals surface area contributed by atoms with E-state index in [1.165, 1.54) is 16.6 Å². The highest BCUT2D eigenvalue weighted by Crippen LogP contribution is 2.33. The van der Waals surface area contributed by atoms with Crippen LogP contribution in [0.3, 0.4) is 0 Å². The fraction of sp³-hybridized carbons (Fsp3) is 0.405. The Hall–Kier alpha value is -3.90. The van der Waals surface area contributed by atoms with Crippen LogP contribution >= 0.6 is 0 Å². The van der Waals surface area contributed by atoms with Crippen LogP contribution in [0, 0.1) is 5.92 Å². The van der Waals surface area contributed by atoms with Crippen LogP contribution in [0.4, 0.5) is 5.69 Å². The van der Waals surface area contributed by atoms with Crippen LogP contribution in [0.1, 0.15) is 49.1 Å². The Labute approximate surface area is 255 Å². The van der Waals surface area contributed by atoms with E-state index in [-0.39, 0.29) is 11.8 Å². The lowest BCUT2D eigenvalue weighted by molar-refractivity contribution is -0.132. The van der Waals surface area contributed by atoms with Gasteiger partial charge < -0.3 is 19.3 Å². The number of carbonyl (C=O) groups excluding carboxylic acids is 2. The Balaban J connectivity index is 1.32. The van der Waals surface area contributed by atoms with Crippen LogP contribution in [-0.4, -0.2) is 58.9 Å². The van der Waals surface area contributed by atoms with Crippen molar-refractivity contribution in [3.8, 4) is 0 Å². The first-order chi connectivity index (χ1) is 21.0. The topological polar surface area (TPSA) is 48.8 Å². The largest absolute Gasteiger partial charge is 0.335 e. The summed E-state index contributed by atoms with van der Waals surface area (Å²) >= 11 is 0.